The van der Waals surface area contributed by atoms with Crippen LogP contribution in [-0.2, 0) is 9.59 Å². The van der Waals surface area contributed by atoms with Crippen LogP contribution >= 0.6 is 11.8 Å². The number of benzene rings is 2. The Bertz CT molecular complexity index is 747. The normalized spacial score (nSPS) is 10.1. The third kappa shape index (κ3) is 5.03. The number of rotatable bonds is 6. The third-order valence-corrected chi connectivity index (χ3v) is 4.42. The molecule has 6 heteroatoms. The zero-order valence-corrected chi connectivity index (χ0v) is 14.7. The zero-order chi connectivity index (χ0) is 17.5. The van der Waals surface area contributed by atoms with E-state index in [2.05, 4.69) is 10.6 Å². The van der Waals surface area contributed by atoms with Gasteiger partial charge in [-0.2, -0.15) is 0 Å². The topological polar surface area (TPSA) is 67.4 Å². The van der Waals surface area contributed by atoms with E-state index >= 15 is 0 Å². The highest BCUT2D eigenvalue weighted by molar-refractivity contribution is 8.00. The van der Waals surface area contributed by atoms with Crippen LogP contribution in [0.25, 0.3) is 0 Å². The Morgan fingerprint density at radius 3 is 2.54 bits per heavy atom. The molecule has 2 rings (SSSR count). The molecule has 24 heavy (non-hydrogen) atoms. The summed E-state index contributed by atoms with van der Waals surface area (Å²) in [4.78, 5) is 24.5. The lowest BCUT2D eigenvalue weighted by molar-refractivity contribution is -0.114. The van der Waals surface area contributed by atoms with Gasteiger partial charge in [0.25, 0.3) is 0 Å². The van der Waals surface area contributed by atoms with Gasteiger partial charge in [0.2, 0.25) is 11.8 Å². The average Bonchev–Trinajstić information content (AvgIpc) is 2.54. The van der Waals surface area contributed by atoms with E-state index in [1.807, 2.05) is 31.2 Å². The highest BCUT2D eigenvalue weighted by atomic mass is 32.2. The maximum Gasteiger partial charge on any atom is 0.234 e. The first kappa shape index (κ1) is 17.9. The van der Waals surface area contributed by atoms with Crippen molar-refractivity contribution in [3.63, 3.8) is 0 Å². The smallest absolute Gasteiger partial charge is 0.234 e. The quantitative estimate of drug-likeness (QED) is 0.784. The number of amides is 2. The van der Waals surface area contributed by atoms with Gasteiger partial charge in [-0.05, 0) is 36.8 Å². The molecular weight excluding hydrogens is 324 g/mol. The summed E-state index contributed by atoms with van der Waals surface area (Å²) in [6, 6.07) is 13.0. The van der Waals surface area contributed by atoms with Crippen molar-refractivity contribution in [1.82, 2.24) is 0 Å². The second-order valence-electron chi connectivity index (χ2n) is 5.20. The van der Waals surface area contributed by atoms with E-state index in [9.17, 15) is 9.59 Å². The minimum Gasteiger partial charge on any atom is -0.495 e. The van der Waals surface area contributed by atoms with Gasteiger partial charge in [-0.15, -0.1) is 11.8 Å². The Morgan fingerprint density at radius 1 is 1.12 bits per heavy atom. The minimum absolute atomic E-state index is 0.137. The van der Waals surface area contributed by atoms with E-state index in [1.165, 1.54) is 25.8 Å². The molecule has 5 nitrogen and oxygen atoms in total. The summed E-state index contributed by atoms with van der Waals surface area (Å²) in [5.41, 5.74) is 2.27. The first-order chi connectivity index (χ1) is 11.5. The Balaban J connectivity index is 2.04. The van der Waals surface area contributed by atoms with Crippen LogP contribution in [0.2, 0.25) is 0 Å². The van der Waals surface area contributed by atoms with Gasteiger partial charge < -0.3 is 15.4 Å². The maximum absolute atomic E-state index is 12.2. The van der Waals surface area contributed by atoms with Gasteiger partial charge in [0.05, 0.1) is 18.6 Å². The fraction of sp³-hybridized carbons (Fsp3) is 0.222. The van der Waals surface area contributed by atoms with Crippen LogP contribution < -0.4 is 15.4 Å². The summed E-state index contributed by atoms with van der Waals surface area (Å²) in [7, 11) is 1.53. The molecule has 0 bridgehead atoms. The van der Waals surface area contributed by atoms with Crippen LogP contribution in [0.5, 0.6) is 5.75 Å². The molecule has 0 fully saturated rings. The van der Waals surface area contributed by atoms with E-state index in [1.54, 1.807) is 18.2 Å². The monoisotopic (exact) mass is 344 g/mol. The van der Waals surface area contributed by atoms with Crippen LogP contribution in [0.4, 0.5) is 11.4 Å². The first-order valence-corrected chi connectivity index (χ1v) is 8.42. The predicted molar refractivity (Wildman–Crippen MR) is 97.8 cm³/mol. The van der Waals surface area contributed by atoms with Crippen molar-refractivity contribution in [3.8, 4) is 5.75 Å². The number of methoxy groups -OCH3 is 1. The number of hydrogen-bond donors (Lipinski definition) is 2. The van der Waals surface area contributed by atoms with Gasteiger partial charge in [-0.1, -0.05) is 18.2 Å². The summed E-state index contributed by atoms with van der Waals surface area (Å²) in [6.07, 6.45) is 0. The molecule has 0 radical (unpaired) electrons. The number of carbonyl (C=O) groups is 2. The highest BCUT2D eigenvalue weighted by Crippen LogP contribution is 2.28. The molecule has 2 N–H and O–H groups in total. The summed E-state index contributed by atoms with van der Waals surface area (Å²) < 4.78 is 5.25. The fourth-order valence-electron chi connectivity index (χ4n) is 2.13. The van der Waals surface area contributed by atoms with E-state index < -0.39 is 0 Å². The molecule has 0 saturated heterocycles. The molecule has 0 atom stereocenters. The summed E-state index contributed by atoms with van der Waals surface area (Å²) >= 11 is 1.48. The highest BCUT2D eigenvalue weighted by Gasteiger charge is 2.10. The maximum atomic E-state index is 12.2. The van der Waals surface area contributed by atoms with Crippen molar-refractivity contribution in [2.75, 3.05) is 23.5 Å². The zero-order valence-electron chi connectivity index (χ0n) is 13.9. The van der Waals surface area contributed by atoms with E-state index in [4.69, 9.17) is 4.74 Å². The Kier molecular flexibility index (Phi) is 6.26. The van der Waals surface area contributed by atoms with Gasteiger partial charge in [0.1, 0.15) is 5.75 Å². The van der Waals surface area contributed by atoms with Crippen molar-refractivity contribution in [2.45, 2.75) is 18.7 Å². The molecule has 0 saturated carbocycles. The van der Waals surface area contributed by atoms with Gasteiger partial charge in [-0.3, -0.25) is 9.59 Å². The Labute approximate surface area is 145 Å². The molecule has 2 amide bonds. The number of anilines is 2. The van der Waals surface area contributed by atoms with Gasteiger partial charge in [0.15, 0.2) is 0 Å². The number of carbonyl (C=O) groups excluding carboxylic acids is 2. The molecule has 0 heterocycles. The Hall–Kier alpha value is -2.47. The van der Waals surface area contributed by atoms with Crippen molar-refractivity contribution in [1.29, 1.82) is 0 Å². The van der Waals surface area contributed by atoms with Crippen LogP contribution in [0.15, 0.2) is 47.4 Å². The molecule has 0 aliphatic heterocycles. The molecule has 2 aromatic rings. The van der Waals surface area contributed by atoms with E-state index in [0.717, 1.165) is 10.5 Å². The number of hydrogen-bond acceptors (Lipinski definition) is 4. The van der Waals surface area contributed by atoms with E-state index in [0.29, 0.717) is 22.9 Å². The number of aryl methyl sites for hydroxylation is 1. The first-order valence-electron chi connectivity index (χ1n) is 7.43. The van der Waals surface area contributed by atoms with Crippen LogP contribution in [0.1, 0.15) is 12.5 Å². The molecular formula is C18H20N2O3S. The lowest BCUT2D eigenvalue weighted by Crippen LogP contribution is -2.15. The SMILES string of the molecule is COc1ccc(NC(C)=O)cc1NC(=O)CSc1ccccc1C. The van der Waals surface area contributed by atoms with Crippen molar-refractivity contribution in [3.05, 3.63) is 48.0 Å². The summed E-state index contributed by atoms with van der Waals surface area (Å²) in [5.74, 6) is 0.519. The average molecular weight is 344 g/mol. The second kappa shape index (κ2) is 8.40. The third-order valence-electron chi connectivity index (χ3n) is 3.25. The second-order valence-corrected chi connectivity index (χ2v) is 6.22. The molecule has 0 spiro atoms. The molecule has 0 aliphatic rings. The number of ether oxygens (including phenoxy) is 1. The van der Waals surface area contributed by atoms with Crippen LogP contribution in [-0.4, -0.2) is 24.7 Å². The van der Waals surface area contributed by atoms with Crippen molar-refractivity contribution >= 4 is 35.0 Å². The molecule has 0 aromatic heterocycles. The lowest BCUT2D eigenvalue weighted by Gasteiger charge is -2.12. The Morgan fingerprint density at radius 2 is 1.88 bits per heavy atom. The standard InChI is InChI=1S/C18H20N2O3S/c1-12-6-4-5-7-17(12)24-11-18(22)20-15-10-14(19-13(2)21)8-9-16(15)23-3/h4-10H,11H2,1-3H3,(H,19,21)(H,20,22). The summed E-state index contributed by atoms with van der Waals surface area (Å²) in [6.45, 7) is 3.45. The summed E-state index contributed by atoms with van der Waals surface area (Å²) in [5, 5.41) is 5.51. The number of thioether (sulfide) groups is 1. The van der Waals surface area contributed by atoms with Crippen molar-refractivity contribution < 1.29 is 14.3 Å². The minimum atomic E-state index is -0.174. The predicted octanol–water partition coefficient (Wildman–Crippen LogP) is 3.69. The van der Waals surface area contributed by atoms with Gasteiger partial charge >= 0.3 is 0 Å². The van der Waals surface area contributed by atoms with Gasteiger partial charge in [-0.25, -0.2) is 0 Å². The largest absolute Gasteiger partial charge is 0.495 e. The molecule has 0 aliphatic carbocycles. The van der Waals surface area contributed by atoms with Crippen molar-refractivity contribution in [2.24, 2.45) is 0 Å². The van der Waals surface area contributed by atoms with Crippen LogP contribution in [0.3, 0.4) is 0 Å². The van der Waals surface area contributed by atoms with E-state index in [-0.39, 0.29) is 11.8 Å². The molecule has 2 aromatic carbocycles. The molecule has 0 unspecified atom stereocenters. The van der Waals surface area contributed by atoms with Crippen LogP contribution in [0, 0.1) is 6.92 Å². The number of nitrogens with one attached hydrogen (secondary N) is 2. The fourth-order valence-corrected chi connectivity index (χ4v) is 2.96. The lowest BCUT2D eigenvalue weighted by atomic mass is 10.2. The molecule has 126 valence electrons. The van der Waals surface area contributed by atoms with Gasteiger partial charge in [0, 0.05) is 17.5 Å².